The highest BCUT2D eigenvalue weighted by Crippen LogP contribution is 2.20. The van der Waals surface area contributed by atoms with Crippen LogP contribution >= 0.6 is 0 Å². The van der Waals surface area contributed by atoms with Crippen molar-refractivity contribution in [1.29, 1.82) is 0 Å². The quantitative estimate of drug-likeness (QED) is 0.727. The van der Waals surface area contributed by atoms with E-state index in [1.807, 2.05) is 0 Å². The highest BCUT2D eigenvalue weighted by Gasteiger charge is 2.17. The normalized spacial score (nSPS) is 18.8. The first-order valence-electron chi connectivity index (χ1n) is 6.45. The molecule has 0 aliphatic carbocycles. The minimum absolute atomic E-state index is 0.0953. The summed E-state index contributed by atoms with van der Waals surface area (Å²) < 4.78 is 10.6. The van der Waals surface area contributed by atoms with Gasteiger partial charge in [0.05, 0.1) is 18.8 Å². The van der Waals surface area contributed by atoms with Crippen LogP contribution in [0.4, 0.5) is 0 Å². The Morgan fingerprint density at radius 2 is 2.50 bits per heavy atom. The Kier molecular flexibility index (Phi) is 4.70. The third kappa shape index (κ3) is 3.29. The summed E-state index contributed by atoms with van der Waals surface area (Å²) in [7, 11) is 1.53. The molecular formula is C14H19NO3. The molecule has 1 aromatic heterocycles. The van der Waals surface area contributed by atoms with E-state index >= 15 is 0 Å². The van der Waals surface area contributed by atoms with Crippen LogP contribution in [0.1, 0.15) is 42.5 Å². The van der Waals surface area contributed by atoms with Gasteiger partial charge >= 0.3 is 0 Å². The number of carbonyl (C=O) groups excluding carboxylic acids is 1. The van der Waals surface area contributed by atoms with Gasteiger partial charge in [-0.15, -0.1) is 0 Å². The van der Waals surface area contributed by atoms with Crippen LogP contribution in [0, 0.1) is 0 Å². The van der Waals surface area contributed by atoms with Crippen LogP contribution in [-0.4, -0.2) is 30.6 Å². The minimum atomic E-state index is 0.0953. The van der Waals surface area contributed by atoms with E-state index in [1.54, 1.807) is 18.3 Å². The maximum absolute atomic E-state index is 12.0. The molecule has 1 aliphatic rings. The lowest BCUT2D eigenvalue weighted by atomic mass is 10.0. The summed E-state index contributed by atoms with van der Waals surface area (Å²) in [5.41, 5.74) is 0.576. The van der Waals surface area contributed by atoms with E-state index in [0.717, 1.165) is 32.3 Å². The van der Waals surface area contributed by atoms with Gasteiger partial charge in [-0.25, -0.2) is 4.98 Å². The van der Waals surface area contributed by atoms with Gasteiger partial charge in [0.1, 0.15) is 0 Å². The van der Waals surface area contributed by atoms with Crippen LogP contribution < -0.4 is 4.74 Å². The molecule has 1 atom stereocenters. The number of rotatable bonds is 6. The van der Waals surface area contributed by atoms with Crippen LogP contribution in [0.15, 0.2) is 18.3 Å². The van der Waals surface area contributed by atoms with Crippen molar-refractivity contribution in [2.24, 2.45) is 0 Å². The smallest absolute Gasteiger partial charge is 0.224 e. The molecule has 0 saturated carbocycles. The first-order chi connectivity index (χ1) is 8.81. The van der Waals surface area contributed by atoms with Crippen molar-refractivity contribution in [2.75, 3.05) is 13.7 Å². The highest BCUT2D eigenvalue weighted by molar-refractivity contribution is 5.98. The topological polar surface area (TPSA) is 48.4 Å². The van der Waals surface area contributed by atoms with Gasteiger partial charge in [-0.1, -0.05) is 0 Å². The first-order valence-corrected chi connectivity index (χ1v) is 6.45. The molecule has 1 unspecified atom stereocenters. The van der Waals surface area contributed by atoms with Crippen molar-refractivity contribution in [3.63, 3.8) is 0 Å². The third-order valence-electron chi connectivity index (χ3n) is 3.22. The Morgan fingerprint density at radius 3 is 3.22 bits per heavy atom. The van der Waals surface area contributed by atoms with Crippen LogP contribution in [0.2, 0.25) is 0 Å². The number of pyridine rings is 1. The summed E-state index contributed by atoms with van der Waals surface area (Å²) in [5, 5.41) is 0. The highest BCUT2D eigenvalue weighted by atomic mass is 16.5. The molecule has 2 heterocycles. The summed E-state index contributed by atoms with van der Waals surface area (Å²) in [4.78, 5) is 16.1. The molecule has 2 rings (SSSR count). The van der Waals surface area contributed by atoms with E-state index in [0.29, 0.717) is 24.0 Å². The maximum atomic E-state index is 12.0. The van der Waals surface area contributed by atoms with Crippen molar-refractivity contribution in [3.8, 4) is 5.88 Å². The number of hydrogen-bond acceptors (Lipinski definition) is 4. The number of ketones is 1. The van der Waals surface area contributed by atoms with Gasteiger partial charge in [-0.05, 0) is 37.8 Å². The minimum Gasteiger partial charge on any atom is -0.480 e. The molecule has 18 heavy (non-hydrogen) atoms. The lowest BCUT2D eigenvalue weighted by molar-refractivity contribution is 0.0920. The van der Waals surface area contributed by atoms with Crippen LogP contribution in [0.5, 0.6) is 5.88 Å². The molecule has 0 radical (unpaired) electrons. The van der Waals surface area contributed by atoms with Crippen molar-refractivity contribution >= 4 is 5.78 Å². The van der Waals surface area contributed by atoms with Crippen molar-refractivity contribution in [3.05, 3.63) is 23.9 Å². The molecule has 0 spiro atoms. The van der Waals surface area contributed by atoms with E-state index in [2.05, 4.69) is 4.98 Å². The summed E-state index contributed by atoms with van der Waals surface area (Å²) >= 11 is 0. The van der Waals surface area contributed by atoms with Crippen molar-refractivity contribution < 1.29 is 14.3 Å². The number of nitrogens with zero attached hydrogens (tertiary/aromatic N) is 1. The lowest BCUT2D eigenvalue weighted by Gasteiger charge is -2.09. The zero-order chi connectivity index (χ0) is 12.8. The molecule has 4 heteroatoms. The molecule has 0 bridgehead atoms. The van der Waals surface area contributed by atoms with Crippen LogP contribution in [-0.2, 0) is 4.74 Å². The van der Waals surface area contributed by atoms with E-state index < -0.39 is 0 Å². The van der Waals surface area contributed by atoms with Crippen molar-refractivity contribution in [2.45, 2.75) is 38.2 Å². The second-order valence-corrected chi connectivity index (χ2v) is 4.51. The molecule has 1 fully saturated rings. The summed E-state index contributed by atoms with van der Waals surface area (Å²) in [6.07, 6.45) is 6.62. The number of carbonyl (C=O) groups is 1. The fourth-order valence-electron chi connectivity index (χ4n) is 2.26. The summed E-state index contributed by atoms with van der Waals surface area (Å²) in [6, 6.07) is 3.52. The molecule has 98 valence electrons. The Morgan fingerprint density at radius 1 is 1.61 bits per heavy atom. The van der Waals surface area contributed by atoms with Crippen LogP contribution in [0.25, 0.3) is 0 Å². The second kappa shape index (κ2) is 6.50. The molecule has 0 N–H and O–H groups in total. The Bertz CT molecular complexity index is 400. The molecular weight excluding hydrogens is 230 g/mol. The molecule has 1 aliphatic heterocycles. The average molecular weight is 249 g/mol. The molecule has 4 nitrogen and oxygen atoms in total. The summed E-state index contributed by atoms with van der Waals surface area (Å²) in [6.45, 7) is 0.870. The van der Waals surface area contributed by atoms with Gasteiger partial charge < -0.3 is 9.47 Å². The van der Waals surface area contributed by atoms with Gasteiger partial charge in [-0.2, -0.15) is 0 Å². The average Bonchev–Trinajstić information content (AvgIpc) is 2.91. The number of methoxy groups -OCH3 is 1. The molecule has 0 aromatic carbocycles. The standard InChI is InChI=1S/C14H19NO3/c1-17-14-12(7-3-9-15-14)13(16)8-2-5-11-6-4-10-18-11/h3,7,9,11H,2,4-6,8,10H2,1H3. The van der Waals surface area contributed by atoms with E-state index in [9.17, 15) is 4.79 Å². The lowest BCUT2D eigenvalue weighted by Crippen LogP contribution is -2.07. The van der Waals surface area contributed by atoms with Gasteiger partial charge in [-0.3, -0.25) is 4.79 Å². The monoisotopic (exact) mass is 249 g/mol. The fraction of sp³-hybridized carbons (Fsp3) is 0.571. The van der Waals surface area contributed by atoms with E-state index in [4.69, 9.17) is 9.47 Å². The molecule has 1 saturated heterocycles. The van der Waals surface area contributed by atoms with Crippen molar-refractivity contribution in [1.82, 2.24) is 4.98 Å². The Labute approximate surface area is 107 Å². The van der Waals surface area contributed by atoms with E-state index in [-0.39, 0.29) is 5.78 Å². The SMILES string of the molecule is COc1ncccc1C(=O)CCCC1CCCO1. The number of ether oxygens (including phenoxy) is 2. The fourth-order valence-corrected chi connectivity index (χ4v) is 2.26. The Hall–Kier alpha value is -1.42. The zero-order valence-corrected chi connectivity index (χ0v) is 10.7. The summed E-state index contributed by atoms with van der Waals surface area (Å²) in [5.74, 6) is 0.512. The first kappa shape index (κ1) is 13.0. The van der Waals surface area contributed by atoms with Gasteiger partial charge in [0, 0.05) is 19.2 Å². The van der Waals surface area contributed by atoms with Crippen LogP contribution in [0.3, 0.4) is 0 Å². The third-order valence-corrected chi connectivity index (χ3v) is 3.22. The number of aromatic nitrogens is 1. The predicted octanol–water partition coefficient (Wildman–Crippen LogP) is 2.62. The Balaban J connectivity index is 1.83. The number of Topliss-reactive ketones (excluding diaryl/α,β-unsaturated/α-hetero) is 1. The largest absolute Gasteiger partial charge is 0.480 e. The number of hydrogen-bond donors (Lipinski definition) is 0. The molecule has 0 amide bonds. The van der Waals surface area contributed by atoms with Gasteiger partial charge in [0.2, 0.25) is 5.88 Å². The second-order valence-electron chi connectivity index (χ2n) is 4.51. The van der Waals surface area contributed by atoms with Gasteiger partial charge in [0.25, 0.3) is 0 Å². The zero-order valence-electron chi connectivity index (χ0n) is 10.7. The van der Waals surface area contributed by atoms with E-state index in [1.165, 1.54) is 7.11 Å². The predicted molar refractivity (Wildman–Crippen MR) is 67.9 cm³/mol. The maximum Gasteiger partial charge on any atom is 0.224 e. The van der Waals surface area contributed by atoms with Gasteiger partial charge in [0.15, 0.2) is 5.78 Å². The molecule has 1 aromatic rings.